The number of nitrogens with zero attached hydrogens (tertiary/aromatic N) is 1. The van der Waals surface area contributed by atoms with Crippen LogP contribution in [0.5, 0.6) is 0 Å². The van der Waals surface area contributed by atoms with E-state index in [0.717, 1.165) is 5.56 Å². The lowest BCUT2D eigenvalue weighted by molar-refractivity contribution is 0.233. The van der Waals surface area contributed by atoms with E-state index < -0.39 is 11.2 Å². The van der Waals surface area contributed by atoms with Crippen molar-refractivity contribution in [3.8, 4) is 0 Å². The highest BCUT2D eigenvalue weighted by atomic mass is 35.5. The molecule has 1 heterocycles. The maximum Gasteiger partial charge on any atom is 0.189 e. The van der Waals surface area contributed by atoms with Gasteiger partial charge in [-0.15, -0.1) is 0 Å². The average molecular weight is 310 g/mol. The summed E-state index contributed by atoms with van der Waals surface area (Å²) in [6, 6.07) is 8.71. The van der Waals surface area contributed by atoms with Crippen LogP contribution < -0.4 is 5.48 Å². The minimum atomic E-state index is -1.54. The van der Waals surface area contributed by atoms with Crippen molar-refractivity contribution in [3.05, 3.63) is 52.8 Å². The third kappa shape index (κ3) is 2.94. The number of halogens is 1. The van der Waals surface area contributed by atoms with Crippen molar-refractivity contribution in [3.63, 3.8) is 0 Å². The monoisotopic (exact) mass is 309 g/mol. The first-order chi connectivity index (χ1) is 9.54. The molecule has 0 aliphatic heterocycles. The molecule has 1 aromatic heterocycles. The van der Waals surface area contributed by atoms with E-state index in [9.17, 15) is 4.55 Å². The largest absolute Gasteiger partial charge is 0.606 e. The van der Waals surface area contributed by atoms with Gasteiger partial charge in [-0.25, -0.2) is 4.98 Å². The van der Waals surface area contributed by atoms with Gasteiger partial charge in [-0.2, -0.15) is 0 Å². The van der Waals surface area contributed by atoms with E-state index in [1.165, 1.54) is 12.3 Å². The molecular weight excluding hydrogens is 298 g/mol. The molecule has 2 aromatic rings. The summed E-state index contributed by atoms with van der Waals surface area (Å²) in [4.78, 5) is 4.84. The van der Waals surface area contributed by atoms with Crippen LogP contribution >= 0.6 is 11.6 Å². The number of hydrogen-bond acceptors (Lipinski definition) is 4. The highest BCUT2D eigenvalue weighted by Crippen LogP contribution is 2.27. The Morgan fingerprint density at radius 3 is 2.75 bits per heavy atom. The number of rotatable bonds is 3. The smallest absolute Gasteiger partial charge is 0.189 e. The summed E-state index contributed by atoms with van der Waals surface area (Å²) in [5, 5.41) is 16.8. The molecule has 1 unspecified atom stereocenters. The van der Waals surface area contributed by atoms with Crippen LogP contribution in [0, 0.1) is 12.3 Å². The fourth-order valence-corrected chi connectivity index (χ4v) is 3.27. The topological polar surface area (TPSA) is 92.1 Å². The van der Waals surface area contributed by atoms with Crippen LogP contribution in [0.1, 0.15) is 11.3 Å². The number of aromatic nitrogens is 1. The van der Waals surface area contributed by atoms with Gasteiger partial charge >= 0.3 is 0 Å². The van der Waals surface area contributed by atoms with Gasteiger partial charge in [0, 0.05) is 29.0 Å². The molecule has 7 heteroatoms. The number of hydrogen-bond donors (Lipinski definition) is 3. The molecule has 104 valence electrons. The Morgan fingerprint density at radius 2 is 2.10 bits per heavy atom. The minimum Gasteiger partial charge on any atom is -0.606 e. The Kier molecular flexibility index (Phi) is 4.61. The average Bonchev–Trinajstić information content (AvgIpc) is 2.46. The third-order valence-corrected chi connectivity index (χ3v) is 4.44. The molecule has 0 amide bonds. The van der Waals surface area contributed by atoms with Crippen molar-refractivity contribution in [2.75, 3.05) is 0 Å². The van der Waals surface area contributed by atoms with E-state index in [4.69, 9.17) is 22.2 Å². The fourth-order valence-electron chi connectivity index (χ4n) is 1.69. The number of hydroxylamine groups is 1. The van der Waals surface area contributed by atoms with Crippen molar-refractivity contribution in [1.82, 2.24) is 10.5 Å². The van der Waals surface area contributed by atoms with Crippen molar-refractivity contribution >= 4 is 28.6 Å². The molecule has 0 saturated heterocycles. The molecule has 1 aromatic carbocycles. The van der Waals surface area contributed by atoms with Gasteiger partial charge in [0.25, 0.3) is 0 Å². The van der Waals surface area contributed by atoms with Gasteiger partial charge in [0.1, 0.15) is 0 Å². The molecule has 0 bridgehead atoms. The Bertz CT molecular complexity index is 651. The molecule has 0 aliphatic rings. The molecule has 0 fully saturated rings. The Balaban J connectivity index is 2.54. The van der Waals surface area contributed by atoms with Crippen LogP contribution in [0.4, 0.5) is 0 Å². The van der Waals surface area contributed by atoms with Gasteiger partial charge in [-0.3, -0.25) is 16.1 Å². The van der Waals surface area contributed by atoms with E-state index in [0.29, 0.717) is 9.92 Å². The SMILES string of the molecule is Cc1ccccc1[S+]([O-])c1cc(Cl)cnc1C(=N)NO. The Morgan fingerprint density at radius 1 is 1.40 bits per heavy atom. The molecule has 3 N–H and O–H groups in total. The van der Waals surface area contributed by atoms with Gasteiger partial charge in [-0.05, 0) is 13.0 Å². The second kappa shape index (κ2) is 6.23. The van der Waals surface area contributed by atoms with E-state index >= 15 is 0 Å². The van der Waals surface area contributed by atoms with Crippen molar-refractivity contribution < 1.29 is 9.76 Å². The lowest BCUT2D eigenvalue weighted by atomic mass is 10.2. The molecule has 0 radical (unpaired) electrons. The first kappa shape index (κ1) is 14.8. The van der Waals surface area contributed by atoms with Crippen LogP contribution in [0.25, 0.3) is 0 Å². The van der Waals surface area contributed by atoms with Crippen LogP contribution in [0.2, 0.25) is 5.02 Å². The summed E-state index contributed by atoms with van der Waals surface area (Å²) in [6.45, 7) is 1.85. The summed E-state index contributed by atoms with van der Waals surface area (Å²) >= 11 is 4.34. The number of amidine groups is 1. The molecular formula is C13H12ClN3O2S. The summed E-state index contributed by atoms with van der Waals surface area (Å²) in [5.41, 5.74) is 2.66. The molecule has 0 aliphatic carbocycles. The highest BCUT2D eigenvalue weighted by Gasteiger charge is 2.24. The van der Waals surface area contributed by atoms with Gasteiger partial charge < -0.3 is 4.55 Å². The standard InChI is InChI=1S/C13H12ClN3O2S/c1-8-4-2-3-5-10(8)20(19)11-6-9(14)7-16-12(11)13(15)17-18/h2-7,18H,1H3,(H2,15,17). The number of aryl methyl sites for hydroxylation is 1. The van der Waals surface area contributed by atoms with E-state index in [2.05, 4.69) is 4.98 Å². The maximum absolute atomic E-state index is 12.7. The molecule has 0 spiro atoms. The molecule has 0 saturated carbocycles. The normalized spacial score (nSPS) is 12.0. The van der Waals surface area contributed by atoms with Gasteiger partial charge in [0.2, 0.25) is 0 Å². The zero-order valence-electron chi connectivity index (χ0n) is 10.6. The number of nitrogens with one attached hydrogen (secondary N) is 2. The zero-order chi connectivity index (χ0) is 14.7. The van der Waals surface area contributed by atoms with Gasteiger partial charge in [-0.1, -0.05) is 29.8 Å². The second-order valence-corrected chi connectivity index (χ2v) is 5.87. The molecule has 1 atom stereocenters. The van der Waals surface area contributed by atoms with Crippen LogP contribution in [-0.2, 0) is 11.2 Å². The van der Waals surface area contributed by atoms with Gasteiger partial charge in [0.15, 0.2) is 21.3 Å². The van der Waals surface area contributed by atoms with Crippen molar-refractivity contribution in [1.29, 1.82) is 5.41 Å². The lowest BCUT2D eigenvalue weighted by Gasteiger charge is -2.14. The summed E-state index contributed by atoms with van der Waals surface area (Å²) < 4.78 is 12.7. The van der Waals surface area contributed by atoms with Crippen LogP contribution in [0.15, 0.2) is 46.3 Å². The number of benzene rings is 1. The third-order valence-electron chi connectivity index (χ3n) is 2.66. The predicted molar refractivity (Wildman–Crippen MR) is 76.9 cm³/mol. The predicted octanol–water partition coefficient (Wildman–Crippen LogP) is 2.51. The maximum atomic E-state index is 12.7. The zero-order valence-corrected chi connectivity index (χ0v) is 12.1. The Hall–Kier alpha value is -1.60. The first-order valence-corrected chi connectivity index (χ1v) is 7.19. The highest BCUT2D eigenvalue weighted by molar-refractivity contribution is 7.91. The van der Waals surface area contributed by atoms with E-state index in [1.54, 1.807) is 17.6 Å². The summed E-state index contributed by atoms with van der Waals surface area (Å²) in [6.07, 6.45) is 1.33. The summed E-state index contributed by atoms with van der Waals surface area (Å²) in [7, 11) is 0. The first-order valence-electron chi connectivity index (χ1n) is 5.66. The van der Waals surface area contributed by atoms with Gasteiger partial charge in [0.05, 0.1) is 5.02 Å². The molecule has 5 nitrogen and oxygen atoms in total. The van der Waals surface area contributed by atoms with Crippen molar-refractivity contribution in [2.45, 2.75) is 16.7 Å². The number of pyridine rings is 1. The van der Waals surface area contributed by atoms with Crippen molar-refractivity contribution in [2.24, 2.45) is 0 Å². The Labute approximate surface area is 124 Å². The quantitative estimate of drug-likeness (QED) is 0.351. The lowest BCUT2D eigenvalue weighted by Crippen LogP contribution is -2.23. The van der Waals surface area contributed by atoms with E-state index in [-0.39, 0.29) is 16.4 Å². The second-order valence-electron chi connectivity index (χ2n) is 4.02. The molecule has 20 heavy (non-hydrogen) atoms. The molecule has 2 rings (SSSR count). The van der Waals surface area contributed by atoms with Crippen LogP contribution in [0.3, 0.4) is 0 Å². The summed E-state index contributed by atoms with van der Waals surface area (Å²) in [5.74, 6) is -0.335. The fraction of sp³-hybridized carbons (Fsp3) is 0.0769. The minimum absolute atomic E-state index is 0.0958. The van der Waals surface area contributed by atoms with E-state index in [1.807, 2.05) is 19.1 Å². The van der Waals surface area contributed by atoms with Crippen LogP contribution in [-0.4, -0.2) is 20.6 Å².